The van der Waals surface area contributed by atoms with E-state index in [2.05, 4.69) is 5.32 Å². The lowest BCUT2D eigenvalue weighted by Gasteiger charge is -2.27. The molecule has 0 saturated heterocycles. The molecule has 2 atom stereocenters. The van der Waals surface area contributed by atoms with Gasteiger partial charge < -0.3 is 14.8 Å². The molecule has 124 valence electrons. The summed E-state index contributed by atoms with van der Waals surface area (Å²) in [4.78, 5) is 24.4. The van der Waals surface area contributed by atoms with Crippen LogP contribution in [0.15, 0.2) is 54.6 Å². The number of ether oxygens (including phenoxy) is 2. The maximum absolute atomic E-state index is 12.4. The van der Waals surface area contributed by atoms with Crippen LogP contribution in [0.1, 0.15) is 35.3 Å². The molecule has 1 aliphatic rings. The fraction of sp³-hybridized carbons (Fsp3) is 0.263. The summed E-state index contributed by atoms with van der Waals surface area (Å²) in [6.45, 7) is 2.11. The lowest BCUT2D eigenvalue weighted by Crippen LogP contribution is -2.39. The molecule has 0 aliphatic carbocycles. The molecule has 5 heteroatoms. The molecule has 3 rings (SSSR count). The highest BCUT2D eigenvalue weighted by molar-refractivity contribution is 5.92. The number of carbonyl (C=O) groups is 2. The summed E-state index contributed by atoms with van der Waals surface area (Å²) < 4.78 is 10.8. The van der Waals surface area contributed by atoms with Gasteiger partial charge in [0.1, 0.15) is 5.75 Å². The van der Waals surface area contributed by atoms with E-state index in [9.17, 15) is 9.59 Å². The first kappa shape index (κ1) is 16.1. The summed E-state index contributed by atoms with van der Waals surface area (Å²) in [7, 11) is 0. The Morgan fingerprint density at radius 1 is 1.12 bits per heavy atom. The molecule has 0 fully saturated rings. The number of nitrogens with one attached hydrogen (secondary N) is 1. The number of para-hydroxylation sites is 1. The lowest BCUT2D eigenvalue weighted by atomic mass is 10.0. The molecule has 2 aromatic rings. The van der Waals surface area contributed by atoms with Crippen LogP contribution in [0, 0.1) is 0 Å². The number of amides is 1. The van der Waals surface area contributed by atoms with E-state index in [0.717, 1.165) is 11.3 Å². The predicted molar refractivity (Wildman–Crippen MR) is 88.8 cm³/mol. The quantitative estimate of drug-likeness (QED) is 0.878. The van der Waals surface area contributed by atoms with Crippen LogP contribution >= 0.6 is 0 Å². The van der Waals surface area contributed by atoms with E-state index in [-0.39, 0.29) is 11.9 Å². The van der Waals surface area contributed by atoms with Gasteiger partial charge in [0.15, 0.2) is 6.10 Å². The largest absolute Gasteiger partial charge is 0.493 e. The highest BCUT2D eigenvalue weighted by Crippen LogP contribution is 2.31. The highest BCUT2D eigenvalue weighted by atomic mass is 16.5. The Balaban J connectivity index is 1.62. The Labute approximate surface area is 140 Å². The van der Waals surface area contributed by atoms with E-state index in [0.29, 0.717) is 18.6 Å². The van der Waals surface area contributed by atoms with E-state index in [1.165, 1.54) is 0 Å². The van der Waals surface area contributed by atoms with E-state index in [1.807, 2.05) is 30.3 Å². The SMILES string of the molecule is C[C@H](OC(=O)c1ccccc1)C(=O)N[C@H]1CCOc2ccccc21. The predicted octanol–water partition coefficient (Wildman–Crippen LogP) is 2.87. The fourth-order valence-electron chi connectivity index (χ4n) is 2.64. The van der Waals surface area contributed by atoms with Crippen LogP contribution in [-0.4, -0.2) is 24.6 Å². The average Bonchev–Trinajstić information content (AvgIpc) is 2.62. The summed E-state index contributed by atoms with van der Waals surface area (Å²) in [6.07, 6.45) is -0.185. The number of esters is 1. The maximum atomic E-state index is 12.4. The zero-order valence-electron chi connectivity index (χ0n) is 13.4. The number of fused-ring (bicyclic) bond motifs is 1. The Bertz CT molecular complexity index is 729. The van der Waals surface area contributed by atoms with Gasteiger partial charge in [-0.25, -0.2) is 4.79 Å². The van der Waals surface area contributed by atoms with Crippen molar-refractivity contribution < 1.29 is 19.1 Å². The monoisotopic (exact) mass is 325 g/mol. The first-order valence-electron chi connectivity index (χ1n) is 7.93. The summed E-state index contributed by atoms with van der Waals surface area (Å²) in [5.41, 5.74) is 1.37. The summed E-state index contributed by atoms with van der Waals surface area (Å²) in [5, 5.41) is 2.94. The topological polar surface area (TPSA) is 64.6 Å². The second-order valence-corrected chi connectivity index (χ2v) is 5.65. The molecule has 0 bridgehead atoms. The van der Waals surface area contributed by atoms with Crippen molar-refractivity contribution >= 4 is 11.9 Å². The van der Waals surface area contributed by atoms with Crippen molar-refractivity contribution in [2.45, 2.75) is 25.5 Å². The molecular weight excluding hydrogens is 306 g/mol. The molecule has 0 unspecified atom stereocenters. The second kappa shape index (κ2) is 7.17. The zero-order valence-corrected chi connectivity index (χ0v) is 13.4. The fourth-order valence-corrected chi connectivity index (χ4v) is 2.64. The van der Waals surface area contributed by atoms with Crippen molar-refractivity contribution in [2.24, 2.45) is 0 Å². The summed E-state index contributed by atoms with van der Waals surface area (Å²) in [6, 6.07) is 16.1. The van der Waals surface area contributed by atoms with E-state index >= 15 is 0 Å². The van der Waals surface area contributed by atoms with E-state index < -0.39 is 12.1 Å². The molecule has 1 N–H and O–H groups in total. The van der Waals surface area contributed by atoms with Gasteiger partial charge in [-0.3, -0.25) is 4.79 Å². The van der Waals surface area contributed by atoms with Crippen LogP contribution in [0.5, 0.6) is 5.75 Å². The standard InChI is InChI=1S/C19H19NO4/c1-13(24-19(22)14-7-3-2-4-8-14)18(21)20-16-11-12-23-17-10-6-5-9-15(16)17/h2-10,13,16H,11-12H2,1H3,(H,20,21)/t13-,16-/m0/s1. The molecule has 24 heavy (non-hydrogen) atoms. The number of hydrogen-bond donors (Lipinski definition) is 1. The lowest BCUT2D eigenvalue weighted by molar-refractivity contribution is -0.130. The number of benzene rings is 2. The minimum absolute atomic E-state index is 0.139. The third-order valence-electron chi connectivity index (χ3n) is 3.94. The number of rotatable bonds is 4. The smallest absolute Gasteiger partial charge is 0.338 e. The van der Waals surface area contributed by atoms with Gasteiger partial charge in [-0.1, -0.05) is 36.4 Å². The van der Waals surface area contributed by atoms with Crippen LogP contribution in [0.25, 0.3) is 0 Å². The molecule has 5 nitrogen and oxygen atoms in total. The maximum Gasteiger partial charge on any atom is 0.338 e. The van der Waals surface area contributed by atoms with Gasteiger partial charge in [-0.05, 0) is 25.1 Å². The van der Waals surface area contributed by atoms with Crippen molar-refractivity contribution in [1.29, 1.82) is 0 Å². The van der Waals surface area contributed by atoms with Crippen LogP contribution in [0.3, 0.4) is 0 Å². The Hall–Kier alpha value is -2.82. The first-order chi connectivity index (χ1) is 11.6. The van der Waals surface area contributed by atoms with Gasteiger partial charge in [0.25, 0.3) is 5.91 Å². The molecule has 0 spiro atoms. The Morgan fingerprint density at radius 3 is 2.62 bits per heavy atom. The van der Waals surface area contributed by atoms with Crippen LogP contribution in [0.4, 0.5) is 0 Å². The Kier molecular flexibility index (Phi) is 4.79. The normalized spacial score (nSPS) is 17.1. The summed E-state index contributed by atoms with van der Waals surface area (Å²) in [5.74, 6) is -0.0467. The van der Waals surface area contributed by atoms with Gasteiger partial charge in [0, 0.05) is 12.0 Å². The molecule has 0 saturated carbocycles. The van der Waals surface area contributed by atoms with E-state index in [4.69, 9.17) is 9.47 Å². The molecule has 1 amide bonds. The molecule has 0 aromatic heterocycles. The zero-order chi connectivity index (χ0) is 16.9. The molecule has 0 radical (unpaired) electrons. The van der Waals surface area contributed by atoms with E-state index in [1.54, 1.807) is 31.2 Å². The van der Waals surface area contributed by atoms with Crippen molar-refractivity contribution in [3.05, 3.63) is 65.7 Å². The minimum atomic E-state index is -0.868. The van der Waals surface area contributed by atoms with Gasteiger partial charge in [0.2, 0.25) is 0 Å². The molecule has 1 heterocycles. The van der Waals surface area contributed by atoms with Crippen LogP contribution in [-0.2, 0) is 9.53 Å². The van der Waals surface area contributed by atoms with Gasteiger partial charge in [-0.15, -0.1) is 0 Å². The average molecular weight is 325 g/mol. The minimum Gasteiger partial charge on any atom is -0.493 e. The highest BCUT2D eigenvalue weighted by Gasteiger charge is 2.26. The Morgan fingerprint density at radius 2 is 1.83 bits per heavy atom. The first-order valence-corrected chi connectivity index (χ1v) is 7.93. The molecule has 1 aliphatic heterocycles. The van der Waals surface area contributed by atoms with Crippen molar-refractivity contribution in [3.63, 3.8) is 0 Å². The van der Waals surface area contributed by atoms with Crippen molar-refractivity contribution in [2.75, 3.05) is 6.61 Å². The van der Waals surface area contributed by atoms with Crippen molar-refractivity contribution in [3.8, 4) is 5.75 Å². The van der Waals surface area contributed by atoms with Crippen LogP contribution < -0.4 is 10.1 Å². The number of hydrogen-bond acceptors (Lipinski definition) is 4. The number of carbonyl (C=O) groups excluding carboxylic acids is 2. The van der Waals surface area contributed by atoms with Crippen LogP contribution in [0.2, 0.25) is 0 Å². The van der Waals surface area contributed by atoms with Crippen molar-refractivity contribution in [1.82, 2.24) is 5.32 Å². The van der Waals surface area contributed by atoms with Gasteiger partial charge in [-0.2, -0.15) is 0 Å². The van der Waals surface area contributed by atoms with Gasteiger partial charge >= 0.3 is 5.97 Å². The molecular formula is C19H19NO4. The van der Waals surface area contributed by atoms with Gasteiger partial charge in [0.05, 0.1) is 18.2 Å². The third-order valence-corrected chi connectivity index (χ3v) is 3.94. The molecule has 2 aromatic carbocycles. The second-order valence-electron chi connectivity index (χ2n) is 5.65. The summed E-state index contributed by atoms with van der Waals surface area (Å²) >= 11 is 0. The third kappa shape index (κ3) is 3.56.